The second kappa shape index (κ2) is 10.8. The van der Waals surface area contributed by atoms with Crippen molar-refractivity contribution in [2.45, 2.75) is 13.8 Å². The van der Waals surface area contributed by atoms with E-state index in [0.717, 1.165) is 0 Å². The Morgan fingerprint density at radius 1 is 1.25 bits per heavy atom. The van der Waals surface area contributed by atoms with Crippen LogP contribution < -0.4 is 14.8 Å². The number of nitrogens with one attached hydrogen (secondary N) is 1. The van der Waals surface area contributed by atoms with Gasteiger partial charge in [0, 0.05) is 12.2 Å². The van der Waals surface area contributed by atoms with Gasteiger partial charge < -0.3 is 14.8 Å². The molecule has 0 aromatic heterocycles. The van der Waals surface area contributed by atoms with Crippen LogP contribution in [0.15, 0.2) is 41.3 Å². The van der Waals surface area contributed by atoms with Crippen LogP contribution in [-0.2, 0) is 9.59 Å². The number of anilines is 1. The molecule has 32 heavy (non-hydrogen) atoms. The molecule has 3 rings (SSSR count). The summed E-state index contributed by atoms with van der Waals surface area (Å²) in [4.78, 5) is 26.7. The van der Waals surface area contributed by atoms with E-state index in [0.29, 0.717) is 39.4 Å². The van der Waals surface area contributed by atoms with Crippen molar-refractivity contribution in [1.29, 1.82) is 0 Å². The van der Waals surface area contributed by atoms with Crippen molar-refractivity contribution < 1.29 is 23.5 Å². The summed E-state index contributed by atoms with van der Waals surface area (Å²) in [5.74, 6) is -0.450. The Morgan fingerprint density at radius 2 is 1.97 bits per heavy atom. The van der Waals surface area contributed by atoms with Gasteiger partial charge >= 0.3 is 0 Å². The third kappa shape index (κ3) is 5.79. The minimum atomic E-state index is -0.442. The third-order valence-electron chi connectivity index (χ3n) is 4.29. The second-order valence-corrected chi connectivity index (χ2v) is 8.62. The lowest BCUT2D eigenvalue weighted by Gasteiger charge is -2.14. The Balaban J connectivity index is 1.76. The average molecular weight is 495 g/mol. The molecular formula is C22H20ClFN2O4S2. The molecule has 0 saturated carbocycles. The van der Waals surface area contributed by atoms with Crippen molar-refractivity contribution in [3.63, 3.8) is 0 Å². The molecule has 2 aromatic carbocycles. The largest absolute Gasteiger partial charge is 0.490 e. The quantitative estimate of drug-likeness (QED) is 0.406. The number of thioether (sulfide) groups is 1. The van der Waals surface area contributed by atoms with E-state index in [4.69, 9.17) is 33.3 Å². The maximum absolute atomic E-state index is 13.0. The zero-order chi connectivity index (χ0) is 23.3. The Bertz CT molecular complexity index is 1080. The second-order valence-electron chi connectivity index (χ2n) is 6.53. The summed E-state index contributed by atoms with van der Waals surface area (Å²) in [6.45, 7) is 4.18. The fraction of sp³-hybridized carbons (Fsp3) is 0.227. The molecule has 168 valence electrons. The van der Waals surface area contributed by atoms with E-state index < -0.39 is 11.7 Å². The van der Waals surface area contributed by atoms with Crippen molar-refractivity contribution in [1.82, 2.24) is 4.90 Å². The van der Waals surface area contributed by atoms with Gasteiger partial charge in [-0.05, 0) is 61.9 Å². The highest BCUT2D eigenvalue weighted by Crippen LogP contribution is 2.39. The van der Waals surface area contributed by atoms with Crippen LogP contribution in [0.2, 0.25) is 5.02 Å². The molecule has 0 bridgehead atoms. The van der Waals surface area contributed by atoms with Crippen molar-refractivity contribution in [3.8, 4) is 11.5 Å². The standard InChI is InChI=1S/C22H20ClFN2O4S2/c1-3-26-21(28)18(32-22(26)31)11-13-9-16(23)20(17(10-13)29-4-2)30-12-19(27)25-15-7-5-14(24)6-8-15/h5-11H,3-4,12H2,1-2H3,(H,25,27). The molecule has 10 heteroatoms. The first-order chi connectivity index (χ1) is 15.3. The van der Waals surface area contributed by atoms with Gasteiger partial charge in [0.2, 0.25) is 0 Å². The zero-order valence-electron chi connectivity index (χ0n) is 17.3. The predicted octanol–water partition coefficient (Wildman–Crippen LogP) is 5.12. The van der Waals surface area contributed by atoms with Crippen LogP contribution in [0.1, 0.15) is 19.4 Å². The fourth-order valence-electron chi connectivity index (χ4n) is 2.87. The Kier molecular flexibility index (Phi) is 8.11. The lowest BCUT2D eigenvalue weighted by molar-refractivity contribution is -0.122. The van der Waals surface area contributed by atoms with E-state index in [2.05, 4.69) is 5.32 Å². The molecular weight excluding hydrogens is 475 g/mol. The van der Waals surface area contributed by atoms with Crippen LogP contribution >= 0.6 is 35.6 Å². The van der Waals surface area contributed by atoms with Crippen molar-refractivity contribution in [2.75, 3.05) is 25.1 Å². The number of ether oxygens (including phenoxy) is 2. The highest BCUT2D eigenvalue weighted by Gasteiger charge is 2.30. The summed E-state index contributed by atoms with van der Waals surface area (Å²) in [7, 11) is 0. The lowest BCUT2D eigenvalue weighted by atomic mass is 10.1. The Hall–Kier alpha value is -2.62. The van der Waals surface area contributed by atoms with E-state index >= 15 is 0 Å². The number of hydrogen-bond acceptors (Lipinski definition) is 6. The highest BCUT2D eigenvalue weighted by atomic mass is 35.5. The molecule has 1 N–H and O–H groups in total. The third-order valence-corrected chi connectivity index (χ3v) is 5.95. The van der Waals surface area contributed by atoms with E-state index in [1.165, 1.54) is 40.9 Å². The minimum Gasteiger partial charge on any atom is -0.490 e. The number of hydrogen-bond donors (Lipinski definition) is 1. The molecule has 1 aliphatic heterocycles. The molecule has 1 fully saturated rings. The molecule has 0 radical (unpaired) electrons. The van der Waals surface area contributed by atoms with Crippen molar-refractivity contribution in [2.24, 2.45) is 0 Å². The smallest absolute Gasteiger partial charge is 0.266 e. The summed E-state index contributed by atoms with van der Waals surface area (Å²) in [6.07, 6.45) is 1.69. The molecule has 0 spiro atoms. The number of thiocarbonyl (C=S) groups is 1. The Labute approximate surface area is 199 Å². The first kappa shape index (κ1) is 24.0. The highest BCUT2D eigenvalue weighted by molar-refractivity contribution is 8.26. The van der Waals surface area contributed by atoms with Gasteiger partial charge in [-0.2, -0.15) is 0 Å². The number of rotatable bonds is 8. The summed E-state index contributed by atoms with van der Waals surface area (Å²) in [5.41, 5.74) is 1.08. The van der Waals surface area contributed by atoms with Gasteiger partial charge in [-0.25, -0.2) is 4.39 Å². The summed E-state index contributed by atoms with van der Waals surface area (Å²) in [6, 6.07) is 8.68. The van der Waals surface area contributed by atoms with Gasteiger partial charge in [-0.3, -0.25) is 14.5 Å². The summed E-state index contributed by atoms with van der Waals surface area (Å²) >= 11 is 12.9. The molecule has 2 aromatic rings. The van der Waals surface area contributed by atoms with Crippen LogP contribution in [0.5, 0.6) is 11.5 Å². The first-order valence-corrected chi connectivity index (χ1v) is 11.3. The number of nitrogens with zero attached hydrogens (tertiary/aromatic N) is 1. The number of halogens is 2. The SMILES string of the molecule is CCOc1cc(C=C2SC(=S)N(CC)C2=O)cc(Cl)c1OCC(=O)Nc1ccc(F)cc1. The van der Waals surface area contributed by atoms with Gasteiger partial charge in [0.05, 0.1) is 16.5 Å². The first-order valence-electron chi connectivity index (χ1n) is 9.72. The summed E-state index contributed by atoms with van der Waals surface area (Å²) < 4.78 is 24.7. The van der Waals surface area contributed by atoms with Crippen LogP contribution in [0.4, 0.5) is 10.1 Å². The van der Waals surface area contributed by atoms with Crippen LogP contribution in [-0.4, -0.2) is 40.8 Å². The molecule has 0 unspecified atom stereocenters. The van der Waals surface area contributed by atoms with Crippen LogP contribution in [0.25, 0.3) is 6.08 Å². The average Bonchev–Trinajstić information content (AvgIpc) is 3.01. The van der Waals surface area contributed by atoms with Gasteiger partial charge in [-0.15, -0.1) is 0 Å². The van der Waals surface area contributed by atoms with Gasteiger partial charge in [0.15, 0.2) is 18.1 Å². The molecule has 1 aliphatic rings. The molecule has 1 saturated heterocycles. The fourth-order valence-corrected chi connectivity index (χ4v) is 4.52. The summed E-state index contributed by atoms with van der Waals surface area (Å²) in [5, 5.41) is 2.83. The van der Waals surface area contributed by atoms with E-state index in [1.807, 2.05) is 6.92 Å². The maximum atomic E-state index is 13.0. The van der Waals surface area contributed by atoms with Gasteiger partial charge in [-0.1, -0.05) is 35.6 Å². The number of carbonyl (C=O) groups excluding carboxylic acids is 2. The zero-order valence-corrected chi connectivity index (χ0v) is 19.7. The Morgan fingerprint density at radius 3 is 2.59 bits per heavy atom. The van der Waals surface area contributed by atoms with E-state index in [-0.39, 0.29) is 23.3 Å². The van der Waals surface area contributed by atoms with E-state index in [9.17, 15) is 14.0 Å². The number of benzene rings is 2. The molecule has 1 heterocycles. The molecule has 0 atom stereocenters. The topological polar surface area (TPSA) is 67.9 Å². The monoisotopic (exact) mass is 494 g/mol. The minimum absolute atomic E-state index is 0.158. The molecule has 2 amide bonds. The maximum Gasteiger partial charge on any atom is 0.266 e. The van der Waals surface area contributed by atoms with Crippen LogP contribution in [0.3, 0.4) is 0 Å². The van der Waals surface area contributed by atoms with Gasteiger partial charge in [0.25, 0.3) is 11.8 Å². The van der Waals surface area contributed by atoms with E-state index in [1.54, 1.807) is 25.1 Å². The number of carbonyl (C=O) groups is 2. The molecule has 6 nitrogen and oxygen atoms in total. The number of likely N-dealkylation sites (N-methyl/N-ethyl adjacent to an activating group) is 1. The van der Waals surface area contributed by atoms with Crippen LogP contribution in [0, 0.1) is 5.82 Å². The van der Waals surface area contributed by atoms with Crippen molar-refractivity contribution in [3.05, 3.63) is 57.7 Å². The van der Waals surface area contributed by atoms with Gasteiger partial charge in [0.1, 0.15) is 10.1 Å². The predicted molar refractivity (Wildman–Crippen MR) is 129 cm³/mol. The number of amides is 2. The molecule has 0 aliphatic carbocycles. The lowest BCUT2D eigenvalue weighted by Crippen LogP contribution is -2.27. The van der Waals surface area contributed by atoms with Crippen molar-refractivity contribution >= 4 is 63.5 Å². The normalized spacial score (nSPS) is 14.8.